The van der Waals surface area contributed by atoms with Gasteiger partial charge in [0.15, 0.2) is 0 Å². The maximum absolute atomic E-state index is 14.8. The standard InChI is InChI=1S/C41H25N5O/c47-41-31-24-36-32(39-34(18-10-20-42-39)44(36)26-12-4-1-5-13-26)22-29(31)30-23-33-38(25-37(30)46(41)28-16-8-3-9-17-28)45(27-14-6-2-7-15-27)35-19-11-21-43-40(33)35/h1-25H. The zero-order valence-corrected chi connectivity index (χ0v) is 25.1. The van der Waals surface area contributed by atoms with E-state index in [1.807, 2.05) is 95.8 Å². The summed E-state index contributed by atoms with van der Waals surface area (Å²) >= 11 is 0. The van der Waals surface area contributed by atoms with Crippen LogP contribution in [0.2, 0.25) is 0 Å². The van der Waals surface area contributed by atoms with E-state index >= 15 is 0 Å². The molecule has 0 saturated carbocycles. The number of hydrogen-bond donors (Lipinski definition) is 0. The van der Waals surface area contributed by atoms with E-state index in [2.05, 4.69) is 69.8 Å². The first-order chi connectivity index (χ1) is 23.3. The molecule has 0 unspecified atom stereocenters. The maximum Gasteiger partial charge on any atom is 0.263 e. The molecule has 5 aromatic carbocycles. The molecule has 0 bridgehead atoms. The van der Waals surface area contributed by atoms with Crippen LogP contribution in [0.5, 0.6) is 0 Å². The van der Waals surface area contributed by atoms with E-state index < -0.39 is 0 Å². The normalized spacial score (nSPS) is 11.9. The monoisotopic (exact) mass is 603 g/mol. The van der Waals surface area contributed by atoms with Gasteiger partial charge in [0.05, 0.1) is 44.0 Å². The highest BCUT2D eigenvalue weighted by molar-refractivity contribution is 6.20. The number of hydrogen-bond acceptors (Lipinski definition) is 3. The number of benzene rings is 5. The Hall–Kier alpha value is -6.53. The van der Waals surface area contributed by atoms with Crippen molar-refractivity contribution in [3.8, 4) is 17.1 Å². The van der Waals surface area contributed by atoms with E-state index in [9.17, 15) is 4.79 Å². The van der Waals surface area contributed by atoms with Crippen molar-refractivity contribution in [2.45, 2.75) is 0 Å². The third-order valence-corrected chi connectivity index (χ3v) is 9.30. The van der Waals surface area contributed by atoms with E-state index in [4.69, 9.17) is 9.97 Å². The lowest BCUT2D eigenvalue weighted by Gasteiger charge is -2.15. The average Bonchev–Trinajstić information content (AvgIpc) is 3.63. The molecule has 0 saturated heterocycles. The summed E-state index contributed by atoms with van der Waals surface area (Å²) in [5.41, 5.74) is 9.39. The van der Waals surface area contributed by atoms with Gasteiger partial charge in [-0.2, -0.15) is 0 Å². The number of fused-ring (bicyclic) bond motifs is 9. The van der Waals surface area contributed by atoms with E-state index in [1.54, 1.807) is 0 Å². The van der Waals surface area contributed by atoms with Crippen molar-refractivity contribution in [3.05, 3.63) is 162 Å². The van der Waals surface area contributed by atoms with Gasteiger partial charge in [-0.3, -0.25) is 19.3 Å². The fourth-order valence-corrected chi connectivity index (χ4v) is 7.32. The van der Waals surface area contributed by atoms with Gasteiger partial charge in [-0.05, 0) is 90.3 Å². The summed E-state index contributed by atoms with van der Waals surface area (Å²) in [5, 5.41) is 4.54. The van der Waals surface area contributed by atoms with Crippen LogP contribution in [0.15, 0.2) is 157 Å². The number of nitrogens with zero attached hydrogens (tertiary/aromatic N) is 5. The highest BCUT2D eigenvalue weighted by atomic mass is 16.1. The van der Waals surface area contributed by atoms with E-state index in [0.717, 1.165) is 77.2 Å². The van der Waals surface area contributed by atoms with Crippen molar-refractivity contribution in [1.29, 1.82) is 0 Å². The Morgan fingerprint density at radius 3 is 1.34 bits per heavy atom. The zero-order valence-electron chi connectivity index (χ0n) is 25.1. The molecular formula is C41H25N5O. The van der Waals surface area contributed by atoms with Gasteiger partial charge in [0.1, 0.15) is 0 Å². The first-order valence-corrected chi connectivity index (χ1v) is 15.6. The fraction of sp³-hybridized carbons (Fsp3) is 0. The van der Waals surface area contributed by atoms with Crippen LogP contribution in [0.1, 0.15) is 0 Å². The molecule has 5 aromatic heterocycles. The van der Waals surface area contributed by atoms with Crippen LogP contribution in [0.25, 0.3) is 82.6 Å². The van der Waals surface area contributed by atoms with Crippen LogP contribution < -0.4 is 5.56 Å². The largest absolute Gasteiger partial charge is 0.308 e. The van der Waals surface area contributed by atoms with Crippen molar-refractivity contribution in [2.24, 2.45) is 0 Å². The Morgan fingerprint density at radius 2 is 0.809 bits per heavy atom. The maximum atomic E-state index is 14.8. The minimum absolute atomic E-state index is 0.0710. The van der Waals surface area contributed by atoms with E-state index in [1.165, 1.54) is 0 Å². The smallest absolute Gasteiger partial charge is 0.263 e. The van der Waals surface area contributed by atoms with Gasteiger partial charge in [0, 0.05) is 45.6 Å². The van der Waals surface area contributed by atoms with Crippen molar-refractivity contribution in [1.82, 2.24) is 23.7 Å². The molecule has 5 heterocycles. The topological polar surface area (TPSA) is 57.6 Å². The average molecular weight is 604 g/mol. The molecule has 0 aliphatic rings. The summed E-state index contributed by atoms with van der Waals surface area (Å²) in [6, 6.07) is 47.2. The molecule has 220 valence electrons. The summed E-state index contributed by atoms with van der Waals surface area (Å²) < 4.78 is 6.30. The number of rotatable bonds is 3. The van der Waals surface area contributed by atoms with Gasteiger partial charge in [0.25, 0.3) is 5.56 Å². The molecule has 10 aromatic rings. The Kier molecular flexibility index (Phi) is 5.33. The summed E-state index contributed by atoms with van der Waals surface area (Å²) in [4.78, 5) is 24.5. The molecule has 6 nitrogen and oxygen atoms in total. The molecule has 6 heteroatoms. The molecule has 0 aliphatic carbocycles. The lowest BCUT2D eigenvalue weighted by atomic mass is 10.0. The van der Waals surface area contributed by atoms with Crippen LogP contribution >= 0.6 is 0 Å². The summed E-state index contributed by atoms with van der Waals surface area (Å²) in [6.07, 6.45) is 3.68. The van der Waals surface area contributed by atoms with Gasteiger partial charge in [-0.1, -0.05) is 54.6 Å². The number of para-hydroxylation sites is 3. The zero-order chi connectivity index (χ0) is 31.1. The molecule has 47 heavy (non-hydrogen) atoms. The van der Waals surface area contributed by atoms with E-state index in [0.29, 0.717) is 5.39 Å². The lowest BCUT2D eigenvalue weighted by molar-refractivity contribution is 1.06. The first-order valence-electron chi connectivity index (χ1n) is 15.6. The number of aromatic nitrogens is 5. The van der Waals surface area contributed by atoms with Gasteiger partial charge in [-0.15, -0.1) is 0 Å². The minimum atomic E-state index is -0.0710. The van der Waals surface area contributed by atoms with Crippen molar-refractivity contribution < 1.29 is 0 Å². The summed E-state index contributed by atoms with van der Waals surface area (Å²) in [6.45, 7) is 0. The van der Waals surface area contributed by atoms with Gasteiger partial charge in [0.2, 0.25) is 0 Å². The number of pyridine rings is 3. The van der Waals surface area contributed by atoms with Crippen LogP contribution in [-0.4, -0.2) is 23.7 Å². The lowest BCUT2D eigenvalue weighted by Crippen LogP contribution is -2.19. The molecule has 0 spiro atoms. The third kappa shape index (κ3) is 3.64. The van der Waals surface area contributed by atoms with Gasteiger partial charge in [-0.25, -0.2) is 0 Å². The second-order valence-corrected chi connectivity index (χ2v) is 11.9. The molecule has 0 aliphatic heterocycles. The van der Waals surface area contributed by atoms with Gasteiger partial charge < -0.3 is 9.13 Å². The molecule has 0 radical (unpaired) electrons. The van der Waals surface area contributed by atoms with Crippen molar-refractivity contribution in [3.63, 3.8) is 0 Å². The molecule has 0 fully saturated rings. The Balaban J connectivity index is 1.43. The van der Waals surface area contributed by atoms with Crippen molar-refractivity contribution >= 4 is 65.5 Å². The fourth-order valence-electron chi connectivity index (χ4n) is 7.32. The SMILES string of the molecule is O=c1c2cc3c(cc2c2cc4c5ncccc5n(-c5ccccc5)c4cc2n1-c1ccccc1)c1ncccc1n3-c1ccccc1. The minimum Gasteiger partial charge on any atom is -0.308 e. The van der Waals surface area contributed by atoms with Crippen molar-refractivity contribution in [2.75, 3.05) is 0 Å². The summed E-state index contributed by atoms with van der Waals surface area (Å²) in [5.74, 6) is 0. The Morgan fingerprint density at radius 1 is 0.362 bits per heavy atom. The predicted octanol–water partition coefficient (Wildman–Crippen LogP) is 9.13. The van der Waals surface area contributed by atoms with Crippen LogP contribution in [0, 0.1) is 0 Å². The summed E-state index contributed by atoms with van der Waals surface area (Å²) in [7, 11) is 0. The highest BCUT2D eigenvalue weighted by Crippen LogP contribution is 2.39. The second kappa shape index (κ2) is 9.73. The molecule has 0 atom stereocenters. The first kappa shape index (κ1) is 25.8. The molecule has 0 amide bonds. The Labute approximate surface area is 268 Å². The molecular weight excluding hydrogens is 578 g/mol. The molecule has 10 rings (SSSR count). The van der Waals surface area contributed by atoms with Crippen LogP contribution in [0.3, 0.4) is 0 Å². The third-order valence-electron chi connectivity index (χ3n) is 9.30. The van der Waals surface area contributed by atoms with Crippen LogP contribution in [0.4, 0.5) is 0 Å². The Bertz CT molecular complexity index is 2900. The second-order valence-electron chi connectivity index (χ2n) is 11.9. The quantitative estimate of drug-likeness (QED) is 0.189. The van der Waals surface area contributed by atoms with Gasteiger partial charge >= 0.3 is 0 Å². The molecule has 0 N–H and O–H groups in total. The highest BCUT2D eigenvalue weighted by Gasteiger charge is 2.21. The van der Waals surface area contributed by atoms with Crippen LogP contribution in [-0.2, 0) is 0 Å². The van der Waals surface area contributed by atoms with E-state index in [-0.39, 0.29) is 5.56 Å². The predicted molar refractivity (Wildman–Crippen MR) is 191 cm³/mol.